The molecule has 0 radical (unpaired) electrons. The van der Waals surface area contributed by atoms with Crippen molar-refractivity contribution < 1.29 is 0 Å². The Hall–Kier alpha value is -3.40. The summed E-state index contributed by atoms with van der Waals surface area (Å²) in [6, 6.07) is 16.0. The molecule has 4 aromatic rings. The van der Waals surface area contributed by atoms with Gasteiger partial charge in [-0.15, -0.1) is 0 Å². The molecule has 4 heteroatoms. The third kappa shape index (κ3) is 2.90. The van der Waals surface area contributed by atoms with Gasteiger partial charge >= 0.3 is 0 Å². The van der Waals surface area contributed by atoms with E-state index >= 15 is 0 Å². The molecule has 0 N–H and O–H groups in total. The van der Waals surface area contributed by atoms with Gasteiger partial charge in [0.25, 0.3) is 0 Å². The first-order valence-corrected chi connectivity index (χ1v) is 7.63. The van der Waals surface area contributed by atoms with Crippen molar-refractivity contribution in [2.75, 3.05) is 0 Å². The first-order chi connectivity index (χ1) is 11.9. The fraction of sp³-hybridized carbons (Fsp3) is 0. The molecule has 4 aromatic heterocycles. The minimum absolute atomic E-state index is 0.885. The third-order valence-electron chi connectivity index (χ3n) is 3.75. The molecule has 114 valence electrons. The highest BCUT2D eigenvalue weighted by molar-refractivity contribution is 5.75. The lowest BCUT2D eigenvalue weighted by Crippen LogP contribution is -1.92. The van der Waals surface area contributed by atoms with E-state index in [1.54, 1.807) is 24.8 Å². The topological polar surface area (TPSA) is 51.6 Å². The largest absolute Gasteiger partial charge is 0.265 e. The van der Waals surface area contributed by atoms with Crippen molar-refractivity contribution in [2.24, 2.45) is 0 Å². The van der Waals surface area contributed by atoms with Crippen LogP contribution in [0.4, 0.5) is 0 Å². The molecular formula is C20H14N4. The van der Waals surface area contributed by atoms with E-state index in [2.05, 4.69) is 27.1 Å². The average molecular weight is 310 g/mol. The number of hydrogen-bond acceptors (Lipinski definition) is 4. The Balaban J connectivity index is 1.92. The average Bonchev–Trinajstić information content (AvgIpc) is 2.70. The second-order valence-corrected chi connectivity index (χ2v) is 5.35. The highest BCUT2D eigenvalue weighted by Gasteiger charge is 2.09. The predicted octanol–water partition coefficient (Wildman–Crippen LogP) is 4.27. The monoisotopic (exact) mass is 310 g/mol. The number of hydrogen-bond donors (Lipinski definition) is 0. The molecule has 0 saturated carbocycles. The second kappa shape index (κ2) is 6.38. The Bertz CT molecular complexity index is 799. The van der Waals surface area contributed by atoms with Crippen molar-refractivity contribution in [2.45, 2.75) is 0 Å². The second-order valence-electron chi connectivity index (χ2n) is 5.35. The fourth-order valence-electron chi connectivity index (χ4n) is 2.57. The van der Waals surface area contributed by atoms with Gasteiger partial charge in [-0.2, -0.15) is 0 Å². The molecular weight excluding hydrogens is 296 g/mol. The third-order valence-corrected chi connectivity index (χ3v) is 3.75. The summed E-state index contributed by atoms with van der Waals surface area (Å²) in [5.74, 6) is 0. The summed E-state index contributed by atoms with van der Waals surface area (Å²) in [5.41, 5.74) is 5.93. The predicted molar refractivity (Wildman–Crippen MR) is 93.9 cm³/mol. The van der Waals surface area contributed by atoms with Gasteiger partial charge in [-0.1, -0.05) is 0 Å². The molecule has 0 aliphatic rings. The van der Waals surface area contributed by atoms with Crippen LogP contribution in [-0.4, -0.2) is 19.9 Å². The van der Waals surface area contributed by atoms with Crippen molar-refractivity contribution in [1.82, 2.24) is 19.9 Å². The van der Waals surface area contributed by atoms with Crippen LogP contribution in [-0.2, 0) is 0 Å². The summed E-state index contributed by atoms with van der Waals surface area (Å²) < 4.78 is 0. The van der Waals surface area contributed by atoms with Crippen LogP contribution in [0.2, 0.25) is 0 Å². The van der Waals surface area contributed by atoms with Crippen LogP contribution in [0, 0.1) is 0 Å². The summed E-state index contributed by atoms with van der Waals surface area (Å²) in [5, 5.41) is 0. The first kappa shape index (κ1) is 14.2. The summed E-state index contributed by atoms with van der Waals surface area (Å²) in [6.07, 6.45) is 10.8. The lowest BCUT2D eigenvalue weighted by atomic mass is 10.0. The van der Waals surface area contributed by atoms with Crippen LogP contribution in [0.1, 0.15) is 0 Å². The van der Waals surface area contributed by atoms with Crippen molar-refractivity contribution in [3.05, 3.63) is 85.7 Å². The van der Waals surface area contributed by atoms with Crippen molar-refractivity contribution in [3.8, 4) is 33.6 Å². The van der Waals surface area contributed by atoms with Crippen LogP contribution in [0.15, 0.2) is 85.7 Å². The standard InChI is InChI=1S/C20H14N4/c1-3-16(13-22-7-1)19-11-18(15-5-9-21-10-6-15)12-20(24-19)17-4-2-8-23-14-17/h1-14H. The molecule has 0 bridgehead atoms. The van der Waals surface area contributed by atoms with Gasteiger partial charge in [-0.05, 0) is 59.7 Å². The van der Waals surface area contributed by atoms with Crippen LogP contribution in [0.3, 0.4) is 0 Å². The maximum absolute atomic E-state index is 4.80. The highest BCUT2D eigenvalue weighted by atomic mass is 14.7. The van der Waals surface area contributed by atoms with Crippen molar-refractivity contribution in [3.63, 3.8) is 0 Å². The minimum Gasteiger partial charge on any atom is -0.265 e. The summed E-state index contributed by atoms with van der Waals surface area (Å²) in [7, 11) is 0. The molecule has 4 heterocycles. The molecule has 0 unspecified atom stereocenters. The van der Waals surface area contributed by atoms with Crippen LogP contribution >= 0.6 is 0 Å². The maximum Gasteiger partial charge on any atom is 0.0731 e. The lowest BCUT2D eigenvalue weighted by molar-refractivity contribution is 1.26. The normalized spacial score (nSPS) is 10.5. The zero-order valence-electron chi connectivity index (χ0n) is 12.9. The molecule has 0 spiro atoms. The summed E-state index contributed by atoms with van der Waals surface area (Å²) in [4.78, 5) is 17.3. The van der Waals surface area contributed by atoms with Crippen LogP contribution in [0.25, 0.3) is 33.6 Å². The van der Waals surface area contributed by atoms with E-state index < -0.39 is 0 Å². The highest BCUT2D eigenvalue weighted by Crippen LogP contribution is 2.29. The number of rotatable bonds is 3. The molecule has 0 amide bonds. The molecule has 0 aliphatic carbocycles. The van der Waals surface area contributed by atoms with Crippen molar-refractivity contribution >= 4 is 0 Å². The van der Waals surface area contributed by atoms with Gasteiger partial charge in [0.1, 0.15) is 0 Å². The molecule has 0 fully saturated rings. The number of pyridine rings is 4. The van der Waals surface area contributed by atoms with Crippen LogP contribution < -0.4 is 0 Å². The minimum atomic E-state index is 0.885. The van der Waals surface area contributed by atoms with Gasteiger partial charge in [0.15, 0.2) is 0 Å². The Kier molecular flexibility index (Phi) is 3.78. The van der Waals surface area contributed by atoms with Gasteiger partial charge in [-0.25, -0.2) is 4.98 Å². The van der Waals surface area contributed by atoms with Gasteiger partial charge in [0.2, 0.25) is 0 Å². The van der Waals surface area contributed by atoms with Gasteiger partial charge in [0.05, 0.1) is 11.4 Å². The van der Waals surface area contributed by atoms with E-state index in [0.29, 0.717) is 0 Å². The fourth-order valence-corrected chi connectivity index (χ4v) is 2.57. The molecule has 0 aromatic carbocycles. The zero-order chi connectivity index (χ0) is 16.2. The van der Waals surface area contributed by atoms with Crippen LogP contribution in [0.5, 0.6) is 0 Å². The molecule has 4 rings (SSSR count). The van der Waals surface area contributed by atoms with E-state index in [1.807, 2.05) is 48.8 Å². The Morgan fingerprint density at radius 1 is 0.500 bits per heavy atom. The molecule has 4 nitrogen and oxygen atoms in total. The van der Waals surface area contributed by atoms with E-state index in [9.17, 15) is 0 Å². The maximum atomic E-state index is 4.80. The van der Waals surface area contributed by atoms with E-state index in [0.717, 1.165) is 33.6 Å². The summed E-state index contributed by atoms with van der Waals surface area (Å²) >= 11 is 0. The molecule has 0 atom stereocenters. The molecule has 24 heavy (non-hydrogen) atoms. The van der Waals surface area contributed by atoms with Gasteiger partial charge < -0.3 is 0 Å². The smallest absolute Gasteiger partial charge is 0.0731 e. The number of aromatic nitrogens is 4. The van der Waals surface area contributed by atoms with E-state index in [1.165, 1.54) is 0 Å². The lowest BCUT2D eigenvalue weighted by Gasteiger charge is -2.09. The Labute approximate surface area is 139 Å². The first-order valence-electron chi connectivity index (χ1n) is 7.63. The number of nitrogens with zero attached hydrogens (tertiary/aromatic N) is 4. The molecule has 0 saturated heterocycles. The molecule has 0 aliphatic heterocycles. The van der Waals surface area contributed by atoms with E-state index in [-0.39, 0.29) is 0 Å². The van der Waals surface area contributed by atoms with Gasteiger partial charge in [-0.3, -0.25) is 15.0 Å². The Morgan fingerprint density at radius 3 is 1.58 bits per heavy atom. The SMILES string of the molecule is c1cncc(-c2cc(-c3ccncc3)cc(-c3cccnc3)n2)c1. The summed E-state index contributed by atoms with van der Waals surface area (Å²) in [6.45, 7) is 0. The van der Waals surface area contributed by atoms with Gasteiger partial charge in [0, 0.05) is 48.3 Å². The Morgan fingerprint density at radius 2 is 1.08 bits per heavy atom. The zero-order valence-corrected chi connectivity index (χ0v) is 12.9. The van der Waals surface area contributed by atoms with Crippen molar-refractivity contribution in [1.29, 1.82) is 0 Å². The van der Waals surface area contributed by atoms with E-state index in [4.69, 9.17) is 4.98 Å². The quantitative estimate of drug-likeness (QED) is 0.567.